The fraction of sp³-hybridized carbons (Fsp3) is 0.0556. The number of nitrogens with zero attached hydrogens (tertiary/aromatic N) is 1. The summed E-state index contributed by atoms with van der Waals surface area (Å²) < 4.78 is 41.3. The quantitative estimate of drug-likeness (QED) is 0.734. The zero-order valence-electron chi connectivity index (χ0n) is 13.6. The molecule has 27 heavy (non-hydrogen) atoms. The molecule has 0 fully saturated rings. The first-order valence-electron chi connectivity index (χ1n) is 7.69. The lowest BCUT2D eigenvalue weighted by Gasteiger charge is -2.09. The molecule has 0 unspecified atom stereocenters. The molecule has 3 aromatic rings. The molecular weight excluding hydrogens is 363 g/mol. The van der Waals surface area contributed by atoms with Crippen LogP contribution >= 0.6 is 0 Å². The molecule has 6 nitrogen and oxygen atoms in total. The Labute approximate surface area is 149 Å². The molecule has 0 saturated heterocycles. The number of H-pyrrole nitrogens is 1. The van der Waals surface area contributed by atoms with Crippen molar-refractivity contribution in [1.29, 1.82) is 0 Å². The third-order valence-corrected chi connectivity index (χ3v) is 3.77. The molecule has 1 heterocycles. The van der Waals surface area contributed by atoms with E-state index in [-0.39, 0.29) is 5.56 Å². The molecule has 0 bridgehead atoms. The summed E-state index contributed by atoms with van der Waals surface area (Å²) in [4.78, 5) is 38.9. The number of anilines is 1. The highest BCUT2D eigenvalue weighted by molar-refractivity contribution is 6.03. The van der Waals surface area contributed by atoms with Crippen molar-refractivity contribution in [2.45, 2.75) is 6.54 Å². The number of amides is 1. The van der Waals surface area contributed by atoms with Gasteiger partial charge in [-0.2, -0.15) is 0 Å². The average molecular weight is 375 g/mol. The normalized spacial score (nSPS) is 10.6. The lowest BCUT2D eigenvalue weighted by molar-refractivity contribution is 0.102. The summed E-state index contributed by atoms with van der Waals surface area (Å²) in [5.74, 6) is -3.37. The van der Waals surface area contributed by atoms with Crippen molar-refractivity contribution < 1.29 is 18.0 Å². The maximum absolute atomic E-state index is 13.8. The SMILES string of the molecule is O=C(Nc1cc(F)ccc1F)c1c[nH]c(=O)n(Cc2ccccc2F)c1=O. The van der Waals surface area contributed by atoms with E-state index in [1.807, 2.05) is 0 Å². The van der Waals surface area contributed by atoms with Crippen molar-refractivity contribution in [2.24, 2.45) is 0 Å². The Balaban J connectivity index is 1.96. The highest BCUT2D eigenvalue weighted by Crippen LogP contribution is 2.15. The predicted octanol–water partition coefficient (Wildman–Crippen LogP) is 2.25. The van der Waals surface area contributed by atoms with E-state index in [1.54, 1.807) is 0 Å². The largest absolute Gasteiger partial charge is 0.328 e. The average Bonchev–Trinajstić information content (AvgIpc) is 2.63. The minimum absolute atomic E-state index is 0.0684. The number of rotatable bonds is 4. The van der Waals surface area contributed by atoms with Gasteiger partial charge >= 0.3 is 5.69 Å². The van der Waals surface area contributed by atoms with E-state index in [0.29, 0.717) is 4.57 Å². The number of carbonyl (C=O) groups excluding carboxylic acids is 1. The molecule has 1 aromatic heterocycles. The third-order valence-electron chi connectivity index (χ3n) is 3.77. The van der Waals surface area contributed by atoms with Gasteiger partial charge in [-0.3, -0.25) is 14.2 Å². The number of aromatic amines is 1. The van der Waals surface area contributed by atoms with Crippen LogP contribution in [0.15, 0.2) is 58.3 Å². The first-order valence-corrected chi connectivity index (χ1v) is 7.69. The molecule has 1 amide bonds. The molecule has 0 aliphatic rings. The molecule has 0 saturated carbocycles. The number of benzene rings is 2. The van der Waals surface area contributed by atoms with Crippen LogP contribution in [0.1, 0.15) is 15.9 Å². The minimum atomic E-state index is -1.05. The smallest absolute Gasteiger partial charge is 0.319 e. The predicted molar refractivity (Wildman–Crippen MR) is 91.1 cm³/mol. The Morgan fingerprint density at radius 3 is 2.52 bits per heavy atom. The molecule has 0 spiro atoms. The standard InChI is InChI=1S/C18H12F3N3O3/c19-11-5-6-14(21)15(7-11)23-16(25)12-8-22-18(27)24(17(12)26)9-10-3-1-2-4-13(10)20/h1-8H,9H2,(H,22,27)(H,23,25). The zero-order valence-corrected chi connectivity index (χ0v) is 13.6. The van der Waals surface area contributed by atoms with E-state index in [9.17, 15) is 27.6 Å². The first-order chi connectivity index (χ1) is 12.9. The fourth-order valence-electron chi connectivity index (χ4n) is 2.40. The van der Waals surface area contributed by atoms with Crippen molar-refractivity contribution in [1.82, 2.24) is 9.55 Å². The fourth-order valence-corrected chi connectivity index (χ4v) is 2.40. The van der Waals surface area contributed by atoms with Gasteiger partial charge in [0, 0.05) is 17.8 Å². The molecule has 2 aromatic carbocycles. The van der Waals surface area contributed by atoms with Crippen LogP contribution in [-0.2, 0) is 6.54 Å². The van der Waals surface area contributed by atoms with Gasteiger partial charge in [-0.25, -0.2) is 18.0 Å². The van der Waals surface area contributed by atoms with Crippen LogP contribution in [0, 0.1) is 17.5 Å². The molecular formula is C18H12F3N3O3. The Kier molecular flexibility index (Phi) is 4.93. The van der Waals surface area contributed by atoms with E-state index in [4.69, 9.17) is 0 Å². The Bertz CT molecular complexity index is 1140. The second-order valence-corrected chi connectivity index (χ2v) is 5.57. The first kappa shape index (κ1) is 18.2. The molecule has 0 aliphatic heterocycles. The van der Waals surface area contributed by atoms with Crippen LogP contribution in [0.2, 0.25) is 0 Å². The van der Waals surface area contributed by atoms with E-state index in [1.165, 1.54) is 18.2 Å². The summed E-state index contributed by atoms with van der Waals surface area (Å²) >= 11 is 0. The Morgan fingerprint density at radius 2 is 1.78 bits per heavy atom. The Hall–Kier alpha value is -3.62. The van der Waals surface area contributed by atoms with Gasteiger partial charge in [0.05, 0.1) is 12.2 Å². The van der Waals surface area contributed by atoms with Gasteiger partial charge in [0.15, 0.2) is 0 Å². The number of halogens is 3. The summed E-state index contributed by atoms with van der Waals surface area (Å²) in [5, 5.41) is 2.07. The minimum Gasteiger partial charge on any atom is -0.319 e. The molecule has 0 atom stereocenters. The van der Waals surface area contributed by atoms with Crippen LogP contribution in [-0.4, -0.2) is 15.5 Å². The summed E-state index contributed by atoms with van der Waals surface area (Å²) in [6.45, 7) is -0.406. The lowest BCUT2D eigenvalue weighted by atomic mass is 10.2. The second kappa shape index (κ2) is 7.32. The summed E-state index contributed by atoms with van der Waals surface area (Å²) in [6, 6.07) is 7.95. The van der Waals surface area contributed by atoms with Gasteiger partial charge in [-0.05, 0) is 18.2 Å². The van der Waals surface area contributed by atoms with Crippen molar-refractivity contribution in [3.63, 3.8) is 0 Å². The van der Waals surface area contributed by atoms with Crippen LogP contribution in [0.3, 0.4) is 0 Å². The van der Waals surface area contributed by atoms with E-state index < -0.39 is 52.4 Å². The van der Waals surface area contributed by atoms with Crippen LogP contribution in [0.4, 0.5) is 18.9 Å². The van der Waals surface area contributed by atoms with Gasteiger partial charge in [0.2, 0.25) is 0 Å². The molecule has 0 aliphatic carbocycles. The van der Waals surface area contributed by atoms with Crippen molar-refractivity contribution >= 4 is 11.6 Å². The summed E-state index contributed by atoms with van der Waals surface area (Å²) in [5.41, 5.74) is -2.77. The van der Waals surface area contributed by atoms with Crippen LogP contribution in [0.25, 0.3) is 0 Å². The topological polar surface area (TPSA) is 84.0 Å². The zero-order chi connectivity index (χ0) is 19.6. The van der Waals surface area contributed by atoms with E-state index in [0.717, 1.165) is 30.5 Å². The third kappa shape index (κ3) is 3.81. The van der Waals surface area contributed by atoms with Crippen molar-refractivity contribution in [3.05, 3.63) is 98.1 Å². The monoisotopic (exact) mass is 375 g/mol. The summed E-state index contributed by atoms with van der Waals surface area (Å²) in [7, 11) is 0. The van der Waals surface area contributed by atoms with Crippen LogP contribution in [0.5, 0.6) is 0 Å². The van der Waals surface area contributed by atoms with Gasteiger partial charge in [0.25, 0.3) is 11.5 Å². The van der Waals surface area contributed by atoms with Crippen molar-refractivity contribution in [2.75, 3.05) is 5.32 Å². The van der Waals surface area contributed by atoms with Crippen molar-refractivity contribution in [3.8, 4) is 0 Å². The van der Waals surface area contributed by atoms with E-state index in [2.05, 4.69) is 10.3 Å². The highest BCUT2D eigenvalue weighted by atomic mass is 19.1. The van der Waals surface area contributed by atoms with E-state index >= 15 is 0 Å². The number of aromatic nitrogens is 2. The maximum atomic E-state index is 13.8. The van der Waals surface area contributed by atoms with Crippen LogP contribution < -0.4 is 16.6 Å². The second-order valence-electron chi connectivity index (χ2n) is 5.57. The molecule has 9 heteroatoms. The molecule has 0 radical (unpaired) electrons. The summed E-state index contributed by atoms with van der Waals surface area (Å²) in [6.07, 6.45) is 0.856. The molecule has 3 rings (SSSR count). The molecule has 138 valence electrons. The Morgan fingerprint density at radius 1 is 1.04 bits per heavy atom. The highest BCUT2D eigenvalue weighted by Gasteiger charge is 2.17. The number of nitrogens with one attached hydrogen (secondary N) is 2. The number of hydrogen-bond donors (Lipinski definition) is 2. The van der Waals surface area contributed by atoms with Gasteiger partial charge in [-0.1, -0.05) is 18.2 Å². The molecule has 2 N–H and O–H groups in total. The lowest BCUT2D eigenvalue weighted by Crippen LogP contribution is -2.39. The maximum Gasteiger partial charge on any atom is 0.328 e. The number of hydrogen-bond acceptors (Lipinski definition) is 3. The number of carbonyl (C=O) groups is 1. The van der Waals surface area contributed by atoms with Gasteiger partial charge in [0.1, 0.15) is 23.0 Å². The van der Waals surface area contributed by atoms with Gasteiger partial charge in [-0.15, -0.1) is 0 Å². The van der Waals surface area contributed by atoms with Gasteiger partial charge < -0.3 is 10.3 Å².